The summed E-state index contributed by atoms with van der Waals surface area (Å²) in [6.45, 7) is 0. The Morgan fingerprint density at radius 3 is 2.53 bits per heavy atom. The van der Waals surface area contributed by atoms with E-state index in [0.29, 0.717) is 6.04 Å². The number of halogens is 2. The van der Waals surface area contributed by atoms with Crippen LogP contribution in [-0.4, -0.2) is 18.4 Å². The molecule has 0 amide bonds. The summed E-state index contributed by atoms with van der Waals surface area (Å²) in [5.74, 6) is 0.142. The number of fused-ring (bicyclic) bond motifs is 1. The molecule has 0 saturated heterocycles. The fraction of sp³-hybridized carbons (Fsp3) is 0.538. The van der Waals surface area contributed by atoms with Crippen LogP contribution in [0.4, 0.5) is 14.5 Å². The molecule has 6 heteroatoms. The molecule has 1 aliphatic heterocycles. The summed E-state index contributed by atoms with van der Waals surface area (Å²) in [6.07, 6.45) is 0.399. The van der Waals surface area contributed by atoms with Crippen molar-refractivity contribution in [1.82, 2.24) is 0 Å². The van der Waals surface area contributed by atoms with Crippen LogP contribution in [-0.2, 0) is 0 Å². The molecule has 1 aromatic rings. The summed E-state index contributed by atoms with van der Waals surface area (Å²) in [7, 11) is 0. The highest BCUT2D eigenvalue weighted by Crippen LogP contribution is 2.42. The first-order valence-electron chi connectivity index (χ1n) is 6.44. The zero-order valence-corrected chi connectivity index (χ0v) is 10.4. The number of benzene rings is 1. The summed E-state index contributed by atoms with van der Waals surface area (Å²) in [6, 6.07) is 5.38. The minimum absolute atomic E-state index is 0.0706. The van der Waals surface area contributed by atoms with Crippen molar-refractivity contribution >= 4 is 5.69 Å². The zero-order valence-electron chi connectivity index (χ0n) is 10.4. The molecule has 2 aliphatic rings. The maximum Gasteiger partial charge on any atom is 0.586 e. The minimum atomic E-state index is -3.56. The van der Waals surface area contributed by atoms with Gasteiger partial charge >= 0.3 is 6.29 Å². The summed E-state index contributed by atoms with van der Waals surface area (Å²) in [5.41, 5.74) is 6.61. The van der Waals surface area contributed by atoms with Crippen molar-refractivity contribution in [2.24, 2.45) is 5.73 Å². The van der Waals surface area contributed by atoms with Crippen molar-refractivity contribution in [2.75, 3.05) is 5.32 Å². The Morgan fingerprint density at radius 1 is 1.11 bits per heavy atom. The number of nitrogens with one attached hydrogen (secondary N) is 1. The number of ether oxygens (including phenoxy) is 2. The molecule has 19 heavy (non-hydrogen) atoms. The molecule has 3 rings (SSSR count). The number of hydrogen-bond acceptors (Lipinski definition) is 4. The van der Waals surface area contributed by atoms with Crippen LogP contribution in [0, 0.1) is 0 Å². The van der Waals surface area contributed by atoms with Gasteiger partial charge in [0.2, 0.25) is 0 Å². The molecule has 1 aromatic carbocycles. The third kappa shape index (κ3) is 2.73. The van der Waals surface area contributed by atoms with Gasteiger partial charge in [0.15, 0.2) is 11.5 Å². The van der Waals surface area contributed by atoms with Gasteiger partial charge in [-0.25, -0.2) is 0 Å². The van der Waals surface area contributed by atoms with Crippen LogP contribution in [0.2, 0.25) is 0 Å². The van der Waals surface area contributed by atoms with E-state index in [-0.39, 0.29) is 17.5 Å². The van der Waals surface area contributed by atoms with E-state index in [1.54, 1.807) is 12.1 Å². The van der Waals surface area contributed by atoms with Crippen LogP contribution in [0.3, 0.4) is 0 Å². The van der Waals surface area contributed by atoms with E-state index in [0.717, 1.165) is 31.4 Å². The maximum absolute atomic E-state index is 12.9. The summed E-state index contributed by atoms with van der Waals surface area (Å²) < 4.78 is 34.6. The summed E-state index contributed by atoms with van der Waals surface area (Å²) in [4.78, 5) is 0. The topological polar surface area (TPSA) is 56.5 Å². The Kier molecular flexibility index (Phi) is 2.97. The Hall–Kier alpha value is -1.56. The average Bonchev–Trinajstić information content (AvgIpc) is 2.65. The lowest BCUT2D eigenvalue weighted by Crippen LogP contribution is -2.32. The highest BCUT2D eigenvalue weighted by Gasteiger charge is 2.43. The van der Waals surface area contributed by atoms with Gasteiger partial charge in [-0.1, -0.05) is 0 Å². The molecule has 1 aliphatic carbocycles. The predicted octanol–water partition coefficient (Wildman–Crippen LogP) is 2.69. The third-order valence-electron chi connectivity index (χ3n) is 3.54. The molecule has 0 bridgehead atoms. The van der Waals surface area contributed by atoms with E-state index in [4.69, 9.17) is 5.73 Å². The highest BCUT2D eigenvalue weighted by atomic mass is 19.3. The van der Waals surface area contributed by atoms with Gasteiger partial charge in [0, 0.05) is 23.8 Å². The van der Waals surface area contributed by atoms with Crippen molar-refractivity contribution in [2.45, 2.75) is 44.1 Å². The van der Waals surface area contributed by atoms with Crippen molar-refractivity contribution < 1.29 is 18.3 Å². The normalized spacial score (nSPS) is 28.2. The number of hydrogen-bond donors (Lipinski definition) is 2. The first kappa shape index (κ1) is 12.5. The number of nitrogens with two attached hydrogens (primary N) is 1. The van der Waals surface area contributed by atoms with E-state index < -0.39 is 6.29 Å². The first-order valence-corrected chi connectivity index (χ1v) is 6.44. The van der Waals surface area contributed by atoms with Crippen molar-refractivity contribution in [1.29, 1.82) is 0 Å². The van der Waals surface area contributed by atoms with E-state index in [9.17, 15) is 8.78 Å². The molecule has 104 valence electrons. The number of rotatable bonds is 2. The van der Waals surface area contributed by atoms with E-state index in [2.05, 4.69) is 14.8 Å². The molecule has 0 aromatic heterocycles. The Labute approximate surface area is 109 Å². The van der Waals surface area contributed by atoms with Gasteiger partial charge in [-0.2, -0.15) is 0 Å². The van der Waals surface area contributed by atoms with Gasteiger partial charge in [0.1, 0.15) is 0 Å². The molecule has 1 heterocycles. The first-order chi connectivity index (χ1) is 9.02. The lowest BCUT2D eigenvalue weighted by Gasteiger charge is -2.27. The van der Waals surface area contributed by atoms with Crippen LogP contribution in [0.25, 0.3) is 0 Å². The van der Waals surface area contributed by atoms with Crippen LogP contribution in [0.15, 0.2) is 18.2 Å². The van der Waals surface area contributed by atoms with Gasteiger partial charge in [-0.3, -0.25) is 0 Å². The quantitative estimate of drug-likeness (QED) is 0.867. The fourth-order valence-corrected chi connectivity index (χ4v) is 2.54. The summed E-state index contributed by atoms with van der Waals surface area (Å²) in [5, 5.41) is 3.32. The van der Waals surface area contributed by atoms with Gasteiger partial charge in [-0.15, -0.1) is 8.78 Å². The van der Waals surface area contributed by atoms with Crippen LogP contribution in [0.1, 0.15) is 25.7 Å². The highest BCUT2D eigenvalue weighted by molar-refractivity contribution is 5.56. The lowest BCUT2D eigenvalue weighted by molar-refractivity contribution is -0.286. The third-order valence-corrected chi connectivity index (χ3v) is 3.54. The van der Waals surface area contributed by atoms with Crippen LogP contribution in [0.5, 0.6) is 11.5 Å². The monoisotopic (exact) mass is 270 g/mol. The molecule has 3 N–H and O–H groups in total. The molecule has 0 radical (unpaired) electrons. The second-order valence-corrected chi connectivity index (χ2v) is 5.09. The molecular formula is C13H16F2N2O2. The second-order valence-electron chi connectivity index (χ2n) is 5.09. The Balaban J connectivity index is 1.67. The second kappa shape index (κ2) is 4.52. The lowest BCUT2D eigenvalue weighted by atomic mass is 9.91. The SMILES string of the molecule is NC1CCC(Nc2ccc3c(c2)OC(F)(F)O3)CC1. The fourth-order valence-electron chi connectivity index (χ4n) is 2.54. The largest absolute Gasteiger partial charge is 0.586 e. The molecule has 0 unspecified atom stereocenters. The zero-order chi connectivity index (χ0) is 13.5. The molecule has 4 nitrogen and oxygen atoms in total. The van der Waals surface area contributed by atoms with Gasteiger partial charge in [0.05, 0.1) is 0 Å². The Morgan fingerprint density at radius 2 is 1.79 bits per heavy atom. The molecule has 1 saturated carbocycles. The van der Waals surface area contributed by atoms with E-state index in [1.807, 2.05) is 0 Å². The smallest absolute Gasteiger partial charge is 0.395 e. The summed E-state index contributed by atoms with van der Waals surface area (Å²) >= 11 is 0. The molecule has 0 atom stereocenters. The van der Waals surface area contributed by atoms with E-state index >= 15 is 0 Å². The molecule has 0 spiro atoms. The Bertz CT molecular complexity index is 474. The van der Waals surface area contributed by atoms with Crippen molar-refractivity contribution in [3.63, 3.8) is 0 Å². The number of anilines is 1. The van der Waals surface area contributed by atoms with Gasteiger partial charge in [0.25, 0.3) is 0 Å². The van der Waals surface area contributed by atoms with Gasteiger partial charge < -0.3 is 20.5 Å². The minimum Gasteiger partial charge on any atom is -0.395 e. The van der Waals surface area contributed by atoms with Crippen LogP contribution < -0.4 is 20.5 Å². The van der Waals surface area contributed by atoms with Gasteiger partial charge in [-0.05, 0) is 37.8 Å². The van der Waals surface area contributed by atoms with Crippen LogP contribution >= 0.6 is 0 Å². The molecular weight excluding hydrogens is 254 g/mol. The standard InChI is InChI=1S/C13H16F2N2O2/c14-13(15)18-11-6-5-10(7-12(11)19-13)17-9-3-1-8(16)2-4-9/h5-9,17H,1-4,16H2. The maximum atomic E-state index is 12.9. The molecule has 1 fully saturated rings. The number of alkyl halides is 2. The van der Waals surface area contributed by atoms with Crippen molar-refractivity contribution in [3.05, 3.63) is 18.2 Å². The average molecular weight is 270 g/mol. The van der Waals surface area contributed by atoms with Crippen molar-refractivity contribution in [3.8, 4) is 11.5 Å². The van der Waals surface area contributed by atoms with E-state index in [1.165, 1.54) is 6.07 Å². The predicted molar refractivity (Wildman–Crippen MR) is 66.5 cm³/mol.